The van der Waals surface area contributed by atoms with E-state index in [0.717, 1.165) is 19.5 Å². The normalized spacial score (nSPS) is 19.7. The van der Waals surface area contributed by atoms with Gasteiger partial charge in [0.15, 0.2) is 0 Å². The molecule has 2 rings (SSSR count). The zero-order chi connectivity index (χ0) is 12.3. The summed E-state index contributed by atoms with van der Waals surface area (Å²) in [6, 6.07) is 8.92. The van der Waals surface area contributed by atoms with E-state index in [0.29, 0.717) is 5.41 Å². The molecule has 2 heteroatoms. The van der Waals surface area contributed by atoms with Gasteiger partial charge >= 0.3 is 0 Å². The molecule has 0 saturated carbocycles. The first kappa shape index (κ1) is 12.6. The number of hydrogen-bond donors (Lipinski definition) is 1. The summed E-state index contributed by atoms with van der Waals surface area (Å²) < 4.78 is 0. The van der Waals surface area contributed by atoms with Crippen molar-refractivity contribution >= 4 is 0 Å². The van der Waals surface area contributed by atoms with E-state index >= 15 is 0 Å². The number of benzene rings is 1. The zero-order valence-corrected chi connectivity index (χ0v) is 11.1. The molecule has 0 amide bonds. The second-order valence-corrected chi connectivity index (χ2v) is 5.98. The molecular formula is C15H24N2. The molecule has 1 aliphatic rings. The second kappa shape index (κ2) is 5.19. The fourth-order valence-electron chi connectivity index (χ4n) is 2.60. The van der Waals surface area contributed by atoms with E-state index in [9.17, 15) is 0 Å². The lowest BCUT2D eigenvalue weighted by Crippen LogP contribution is -2.22. The van der Waals surface area contributed by atoms with E-state index in [2.05, 4.69) is 43.0 Å². The van der Waals surface area contributed by atoms with Crippen LogP contribution < -0.4 is 5.73 Å². The van der Waals surface area contributed by atoms with Crippen LogP contribution in [0.2, 0.25) is 0 Å². The summed E-state index contributed by atoms with van der Waals surface area (Å²) in [5.41, 5.74) is 8.82. The maximum absolute atomic E-state index is 5.55. The third-order valence-electron chi connectivity index (χ3n) is 3.62. The van der Waals surface area contributed by atoms with Crippen molar-refractivity contribution in [3.8, 4) is 0 Å². The Morgan fingerprint density at radius 3 is 2.35 bits per heavy atom. The van der Waals surface area contributed by atoms with Gasteiger partial charge in [0, 0.05) is 13.1 Å². The van der Waals surface area contributed by atoms with Crippen molar-refractivity contribution < 1.29 is 0 Å². The Labute approximate surface area is 105 Å². The number of likely N-dealkylation sites (tertiary alicyclic amines) is 1. The number of rotatable bonds is 4. The molecule has 0 spiro atoms. The quantitative estimate of drug-likeness (QED) is 0.864. The van der Waals surface area contributed by atoms with Crippen LogP contribution in [-0.4, -0.2) is 24.5 Å². The molecule has 17 heavy (non-hydrogen) atoms. The predicted octanol–water partition coefficient (Wildman–Crippen LogP) is 2.42. The SMILES string of the molecule is CC1(C)CCN(Cc2ccc(CCN)cc2)C1. The molecular weight excluding hydrogens is 208 g/mol. The minimum Gasteiger partial charge on any atom is -0.330 e. The van der Waals surface area contributed by atoms with E-state index in [1.807, 2.05) is 0 Å². The molecule has 2 nitrogen and oxygen atoms in total. The van der Waals surface area contributed by atoms with Crippen molar-refractivity contribution in [1.29, 1.82) is 0 Å². The van der Waals surface area contributed by atoms with Crippen LogP contribution in [0.25, 0.3) is 0 Å². The monoisotopic (exact) mass is 232 g/mol. The summed E-state index contributed by atoms with van der Waals surface area (Å²) in [4.78, 5) is 2.55. The van der Waals surface area contributed by atoms with Crippen LogP contribution in [0.3, 0.4) is 0 Å². The van der Waals surface area contributed by atoms with Crippen molar-refractivity contribution in [2.75, 3.05) is 19.6 Å². The summed E-state index contributed by atoms with van der Waals surface area (Å²) in [6.45, 7) is 9.00. The van der Waals surface area contributed by atoms with Crippen LogP contribution in [0.4, 0.5) is 0 Å². The van der Waals surface area contributed by atoms with Crippen molar-refractivity contribution in [2.24, 2.45) is 11.1 Å². The van der Waals surface area contributed by atoms with E-state index in [-0.39, 0.29) is 0 Å². The highest BCUT2D eigenvalue weighted by Gasteiger charge is 2.28. The molecule has 0 unspecified atom stereocenters. The zero-order valence-electron chi connectivity index (χ0n) is 11.1. The summed E-state index contributed by atoms with van der Waals surface area (Å²) in [6.07, 6.45) is 2.30. The van der Waals surface area contributed by atoms with Gasteiger partial charge in [-0.2, -0.15) is 0 Å². The first-order valence-electron chi connectivity index (χ1n) is 6.59. The van der Waals surface area contributed by atoms with E-state index in [1.165, 1.54) is 30.6 Å². The third kappa shape index (κ3) is 3.55. The molecule has 0 bridgehead atoms. The van der Waals surface area contributed by atoms with Gasteiger partial charge in [-0.3, -0.25) is 4.90 Å². The lowest BCUT2D eigenvalue weighted by molar-refractivity contribution is 0.284. The molecule has 1 heterocycles. The van der Waals surface area contributed by atoms with Gasteiger partial charge in [0.2, 0.25) is 0 Å². The molecule has 0 radical (unpaired) electrons. The smallest absolute Gasteiger partial charge is 0.0233 e. The van der Waals surface area contributed by atoms with Gasteiger partial charge < -0.3 is 5.73 Å². The molecule has 94 valence electrons. The van der Waals surface area contributed by atoms with Crippen LogP contribution in [0.15, 0.2) is 24.3 Å². The summed E-state index contributed by atoms with van der Waals surface area (Å²) in [5.74, 6) is 0. The Morgan fingerprint density at radius 1 is 1.18 bits per heavy atom. The lowest BCUT2D eigenvalue weighted by atomic mass is 9.93. The molecule has 2 N–H and O–H groups in total. The molecule has 1 fully saturated rings. The molecule has 0 aliphatic carbocycles. The molecule has 1 aromatic carbocycles. The molecule has 0 atom stereocenters. The van der Waals surface area contributed by atoms with Gasteiger partial charge in [-0.15, -0.1) is 0 Å². The van der Waals surface area contributed by atoms with Gasteiger partial charge in [-0.25, -0.2) is 0 Å². The summed E-state index contributed by atoms with van der Waals surface area (Å²) >= 11 is 0. The van der Waals surface area contributed by atoms with Crippen LogP contribution in [0.5, 0.6) is 0 Å². The van der Waals surface area contributed by atoms with E-state index < -0.39 is 0 Å². The standard InChI is InChI=1S/C15H24N2/c1-15(2)8-10-17(12-15)11-14-5-3-13(4-6-14)7-9-16/h3-6H,7-12,16H2,1-2H3. The maximum Gasteiger partial charge on any atom is 0.0233 e. The predicted molar refractivity (Wildman–Crippen MR) is 72.9 cm³/mol. The van der Waals surface area contributed by atoms with Gasteiger partial charge in [0.05, 0.1) is 0 Å². The average molecular weight is 232 g/mol. The van der Waals surface area contributed by atoms with Gasteiger partial charge in [-0.1, -0.05) is 38.1 Å². The number of nitrogens with zero attached hydrogens (tertiary/aromatic N) is 1. The van der Waals surface area contributed by atoms with Gasteiger partial charge in [0.1, 0.15) is 0 Å². The highest BCUT2D eigenvalue weighted by molar-refractivity contribution is 5.22. The van der Waals surface area contributed by atoms with Crippen LogP contribution in [0, 0.1) is 5.41 Å². The Hall–Kier alpha value is -0.860. The fraction of sp³-hybridized carbons (Fsp3) is 0.600. The Balaban J connectivity index is 1.91. The largest absolute Gasteiger partial charge is 0.330 e. The number of hydrogen-bond acceptors (Lipinski definition) is 2. The fourth-order valence-corrected chi connectivity index (χ4v) is 2.60. The van der Waals surface area contributed by atoms with Crippen LogP contribution in [0.1, 0.15) is 31.4 Å². The van der Waals surface area contributed by atoms with Gasteiger partial charge in [0.25, 0.3) is 0 Å². The summed E-state index contributed by atoms with van der Waals surface area (Å²) in [5, 5.41) is 0. The van der Waals surface area contributed by atoms with Crippen molar-refractivity contribution in [1.82, 2.24) is 4.90 Å². The topological polar surface area (TPSA) is 29.3 Å². The second-order valence-electron chi connectivity index (χ2n) is 5.98. The van der Waals surface area contributed by atoms with E-state index in [4.69, 9.17) is 5.73 Å². The van der Waals surface area contributed by atoms with E-state index in [1.54, 1.807) is 0 Å². The molecule has 1 aromatic rings. The minimum atomic E-state index is 0.499. The molecule has 0 aromatic heterocycles. The van der Waals surface area contributed by atoms with Crippen molar-refractivity contribution in [3.63, 3.8) is 0 Å². The minimum absolute atomic E-state index is 0.499. The highest BCUT2D eigenvalue weighted by Crippen LogP contribution is 2.29. The van der Waals surface area contributed by atoms with Gasteiger partial charge in [-0.05, 0) is 42.5 Å². The van der Waals surface area contributed by atoms with Crippen LogP contribution >= 0.6 is 0 Å². The number of nitrogens with two attached hydrogens (primary N) is 1. The first-order valence-corrected chi connectivity index (χ1v) is 6.59. The molecule has 1 aliphatic heterocycles. The average Bonchev–Trinajstić information content (AvgIpc) is 2.61. The van der Waals surface area contributed by atoms with Crippen molar-refractivity contribution in [2.45, 2.75) is 33.2 Å². The maximum atomic E-state index is 5.55. The first-order chi connectivity index (χ1) is 8.09. The Bertz CT molecular complexity index is 354. The summed E-state index contributed by atoms with van der Waals surface area (Å²) in [7, 11) is 0. The Morgan fingerprint density at radius 2 is 1.82 bits per heavy atom. The third-order valence-corrected chi connectivity index (χ3v) is 3.62. The molecule has 1 saturated heterocycles. The lowest BCUT2D eigenvalue weighted by Gasteiger charge is -2.19. The highest BCUT2D eigenvalue weighted by atomic mass is 15.1. The van der Waals surface area contributed by atoms with Crippen molar-refractivity contribution in [3.05, 3.63) is 35.4 Å². The Kier molecular flexibility index (Phi) is 3.85. The van der Waals surface area contributed by atoms with Crippen LogP contribution in [-0.2, 0) is 13.0 Å².